The van der Waals surface area contributed by atoms with Crippen LogP contribution in [0, 0.1) is 0 Å². The molecule has 1 aromatic heterocycles. The Labute approximate surface area is 233 Å². The summed E-state index contributed by atoms with van der Waals surface area (Å²) >= 11 is 0. The van der Waals surface area contributed by atoms with Crippen LogP contribution in [0.15, 0.2) is 90.0 Å². The number of hydrogen-bond acceptors (Lipinski definition) is 7. The lowest BCUT2D eigenvalue weighted by atomic mass is 10.0. The molecule has 0 aliphatic carbocycles. The summed E-state index contributed by atoms with van der Waals surface area (Å²) in [6.07, 6.45) is 5.76. The van der Waals surface area contributed by atoms with Crippen molar-refractivity contribution in [1.82, 2.24) is 15.1 Å². The van der Waals surface area contributed by atoms with E-state index >= 15 is 0 Å². The lowest BCUT2D eigenvalue weighted by Gasteiger charge is -2.16. The molecule has 0 bridgehead atoms. The van der Waals surface area contributed by atoms with E-state index in [4.69, 9.17) is 4.74 Å². The summed E-state index contributed by atoms with van der Waals surface area (Å²) in [4.78, 5) is 17.2. The fourth-order valence-corrected chi connectivity index (χ4v) is 4.63. The highest BCUT2D eigenvalue weighted by Crippen LogP contribution is 2.39. The quantitative estimate of drug-likeness (QED) is 0.166. The molecule has 1 aliphatic rings. The van der Waals surface area contributed by atoms with Crippen LogP contribution in [-0.2, 0) is 11.2 Å². The first kappa shape index (κ1) is 26.6. The summed E-state index contributed by atoms with van der Waals surface area (Å²) in [7, 11) is 1.58. The van der Waals surface area contributed by atoms with Gasteiger partial charge in [0.2, 0.25) is 5.88 Å². The topological polar surface area (TPSA) is 113 Å². The van der Waals surface area contributed by atoms with E-state index in [2.05, 4.69) is 26.0 Å². The molecule has 9 nitrogen and oxygen atoms in total. The molecule has 2 heterocycles. The number of aliphatic imine (C=N–C) groups is 1. The molecule has 4 N–H and O–H groups in total. The number of nitrogens with zero attached hydrogens (tertiary/aromatic N) is 3. The number of fused-ring (bicyclic) bond motifs is 1. The van der Waals surface area contributed by atoms with E-state index in [9.17, 15) is 9.90 Å². The number of phenolic OH excluding ortho intramolecular Hbond substituents is 1. The van der Waals surface area contributed by atoms with Crippen LogP contribution in [0.25, 0.3) is 11.3 Å². The Morgan fingerprint density at radius 1 is 1.10 bits per heavy atom. The van der Waals surface area contributed by atoms with E-state index in [-0.39, 0.29) is 17.8 Å². The standard InChI is InChI=1S/C31H32N6O3/c1-4-32-31(40-3)20(2)22-11-13-28(38)25(16-22)29-35-26-12-10-23(17-27(26)36-29)30(39)33-15-14-21-18-34-37(19-21)24-8-6-5-7-9-24/h4-13,16-19,29,35-36,38H,14-15H2,1-3H3,(H,33,39)/b31-20-,32-4-. The second-order valence-corrected chi connectivity index (χ2v) is 9.41. The number of methoxy groups -OCH3 is 1. The molecule has 4 aromatic rings. The van der Waals surface area contributed by atoms with E-state index < -0.39 is 0 Å². The zero-order chi connectivity index (χ0) is 28.1. The molecule has 1 amide bonds. The van der Waals surface area contributed by atoms with Gasteiger partial charge in [0, 0.05) is 35.7 Å². The lowest BCUT2D eigenvalue weighted by molar-refractivity contribution is 0.0954. The normalized spacial score (nSPS) is 14.7. The summed E-state index contributed by atoms with van der Waals surface area (Å²) in [6, 6.07) is 20.8. The maximum Gasteiger partial charge on any atom is 0.251 e. The van der Waals surface area contributed by atoms with E-state index in [1.165, 1.54) is 0 Å². The maximum atomic E-state index is 12.9. The molecular formula is C31H32N6O3. The fourth-order valence-electron chi connectivity index (χ4n) is 4.63. The van der Waals surface area contributed by atoms with Crippen LogP contribution < -0.4 is 16.0 Å². The van der Waals surface area contributed by atoms with Crippen molar-refractivity contribution in [2.75, 3.05) is 24.3 Å². The third kappa shape index (κ3) is 5.68. The second kappa shape index (κ2) is 11.8. The van der Waals surface area contributed by atoms with E-state index in [1.54, 1.807) is 25.5 Å². The third-order valence-electron chi connectivity index (χ3n) is 6.77. The number of carbonyl (C=O) groups is 1. The summed E-state index contributed by atoms with van der Waals surface area (Å²) in [5.74, 6) is 0.508. The number of rotatable bonds is 9. The highest BCUT2D eigenvalue weighted by Gasteiger charge is 2.25. The molecule has 3 aromatic carbocycles. The fraction of sp³-hybridized carbons (Fsp3) is 0.194. The van der Waals surface area contributed by atoms with Gasteiger partial charge in [0.15, 0.2) is 0 Å². The number of nitrogens with one attached hydrogen (secondary N) is 3. The number of aromatic nitrogens is 2. The number of hydrogen-bond donors (Lipinski definition) is 4. The molecular weight excluding hydrogens is 504 g/mol. The van der Waals surface area contributed by atoms with Gasteiger partial charge < -0.3 is 25.8 Å². The second-order valence-electron chi connectivity index (χ2n) is 9.41. The number of aromatic hydroxyl groups is 1. The smallest absolute Gasteiger partial charge is 0.251 e. The van der Waals surface area contributed by atoms with Crippen LogP contribution in [0.4, 0.5) is 11.4 Å². The van der Waals surface area contributed by atoms with E-state index in [0.29, 0.717) is 30.0 Å². The molecule has 204 valence electrons. The Bertz CT molecular complexity index is 1580. The summed E-state index contributed by atoms with van der Waals surface area (Å²) in [5.41, 5.74) is 6.61. The predicted octanol–water partition coefficient (Wildman–Crippen LogP) is 5.51. The minimum absolute atomic E-state index is 0.154. The average molecular weight is 537 g/mol. The van der Waals surface area contributed by atoms with Gasteiger partial charge in [-0.3, -0.25) is 4.79 Å². The van der Waals surface area contributed by atoms with Crippen LogP contribution in [-0.4, -0.2) is 40.7 Å². The van der Waals surface area contributed by atoms with Gasteiger partial charge in [-0.05, 0) is 73.9 Å². The molecule has 1 atom stereocenters. The number of ether oxygens (including phenoxy) is 1. The SMILES string of the molecule is C/C=N\C(OC)=C(/C)c1ccc(O)c(C2Nc3ccc(C(=O)NCCc4cnn(-c5ccccc5)c4)cc3N2)c1. The van der Waals surface area contributed by atoms with Crippen molar-refractivity contribution in [2.24, 2.45) is 4.99 Å². The first-order valence-corrected chi connectivity index (χ1v) is 13.1. The number of benzene rings is 3. The highest BCUT2D eigenvalue weighted by atomic mass is 16.5. The minimum Gasteiger partial charge on any atom is -0.508 e. The van der Waals surface area contributed by atoms with Crippen LogP contribution in [0.5, 0.6) is 5.75 Å². The number of allylic oxidation sites excluding steroid dienone is 1. The number of carbonyl (C=O) groups excluding carboxylic acids is 1. The highest BCUT2D eigenvalue weighted by molar-refractivity contribution is 5.97. The van der Waals surface area contributed by atoms with Crippen LogP contribution in [0.3, 0.4) is 0 Å². The Kier molecular flexibility index (Phi) is 7.82. The summed E-state index contributed by atoms with van der Waals surface area (Å²) in [6.45, 7) is 4.24. The molecule has 1 aliphatic heterocycles. The van der Waals surface area contributed by atoms with Gasteiger partial charge in [-0.25, -0.2) is 9.67 Å². The van der Waals surface area contributed by atoms with Gasteiger partial charge in [0.05, 0.1) is 30.4 Å². The first-order chi connectivity index (χ1) is 19.5. The van der Waals surface area contributed by atoms with Crippen molar-refractivity contribution in [3.05, 3.63) is 107 Å². The van der Waals surface area contributed by atoms with Gasteiger partial charge in [-0.1, -0.05) is 24.3 Å². The van der Waals surface area contributed by atoms with Crippen molar-refractivity contribution >= 4 is 29.1 Å². The zero-order valence-corrected chi connectivity index (χ0v) is 22.7. The van der Waals surface area contributed by atoms with Crippen LogP contribution >= 0.6 is 0 Å². The van der Waals surface area contributed by atoms with Gasteiger partial charge in [0.1, 0.15) is 11.9 Å². The Hall–Kier alpha value is -5.05. The maximum absolute atomic E-state index is 12.9. The Balaban J connectivity index is 1.23. The van der Waals surface area contributed by atoms with Gasteiger partial charge >= 0.3 is 0 Å². The number of para-hydroxylation sites is 1. The van der Waals surface area contributed by atoms with Gasteiger partial charge in [-0.15, -0.1) is 0 Å². The first-order valence-electron chi connectivity index (χ1n) is 13.1. The molecule has 0 spiro atoms. The van der Waals surface area contributed by atoms with Gasteiger partial charge in [-0.2, -0.15) is 5.10 Å². The minimum atomic E-state index is -0.372. The van der Waals surface area contributed by atoms with Crippen LogP contribution in [0.2, 0.25) is 0 Å². The Morgan fingerprint density at radius 3 is 2.65 bits per heavy atom. The summed E-state index contributed by atoms with van der Waals surface area (Å²) < 4.78 is 7.23. The monoisotopic (exact) mass is 536 g/mol. The molecule has 0 saturated heterocycles. The molecule has 0 radical (unpaired) electrons. The molecule has 5 rings (SSSR count). The van der Waals surface area contributed by atoms with Crippen molar-refractivity contribution in [3.8, 4) is 11.4 Å². The molecule has 0 fully saturated rings. The van der Waals surface area contributed by atoms with E-state index in [0.717, 1.165) is 33.8 Å². The molecule has 0 saturated carbocycles. The number of amides is 1. The third-order valence-corrected chi connectivity index (χ3v) is 6.77. The van der Waals surface area contributed by atoms with E-state index in [1.807, 2.05) is 85.5 Å². The predicted molar refractivity (Wildman–Crippen MR) is 158 cm³/mol. The van der Waals surface area contributed by atoms with Gasteiger partial charge in [0.25, 0.3) is 5.91 Å². The average Bonchev–Trinajstić information content (AvgIpc) is 3.63. The lowest BCUT2D eigenvalue weighted by Crippen LogP contribution is -2.25. The van der Waals surface area contributed by atoms with Crippen LogP contribution in [0.1, 0.15) is 47.1 Å². The van der Waals surface area contributed by atoms with Crippen molar-refractivity contribution < 1.29 is 14.6 Å². The zero-order valence-electron chi connectivity index (χ0n) is 22.7. The number of anilines is 2. The Morgan fingerprint density at radius 2 is 1.88 bits per heavy atom. The van der Waals surface area contributed by atoms with Crippen molar-refractivity contribution in [3.63, 3.8) is 0 Å². The molecule has 40 heavy (non-hydrogen) atoms. The van der Waals surface area contributed by atoms with Crippen molar-refractivity contribution in [1.29, 1.82) is 0 Å². The largest absolute Gasteiger partial charge is 0.508 e. The number of phenols is 1. The molecule has 9 heteroatoms. The molecule has 1 unspecified atom stereocenters. The van der Waals surface area contributed by atoms with Crippen molar-refractivity contribution in [2.45, 2.75) is 26.4 Å². The summed E-state index contributed by atoms with van der Waals surface area (Å²) in [5, 5.41) is 24.8.